The molecule has 17 heavy (non-hydrogen) atoms. The molecule has 1 aromatic heterocycles. The molecule has 2 aromatic rings. The Hall–Kier alpha value is -2.31. The summed E-state index contributed by atoms with van der Waals surface area (Å²) in [5, 5.41) is 2.41. The molecule has 1 heterocycles. The molecule has 0 unspecified atom stereocenters. The molecule has 4 nitrogen and oxygen atoms in total. The van der Waals surface area contributed by atoms with E-state index in [1.165, 1.54) is 12.3 Å². The van der Waals surface area contributed by atoms with Crippen molar-refractivity contribution in [3.05, 3.63) is 41.8 Å². The number of nitrogens with zero attached hydrogens (tertiary/aromatic N) is 2. The highest BCUT2D eigenvalue weighted by atomic mass is 19.2. The van der Waals surface area contributed by atoms with Crippen LogP contribution in [0, 0.1) is 17.5 Å². The molecule has 0 spiro atoms. The van der Waals surface area contributed by atoms with Crippen molar-refractivity contribution in [2.45, 2.75) is 0 Å². The van der Waals surface area contributed by atoms with Gasteiger partial charge in [-0.25, -0.2) is 18.2 Å². The predicted molar refractivity (Wildman–Crippen MR) is 56.0 cm³/mol. The quantitative estimate of drug-likeness (QED) is 0.790. The van der Waals surface area contributed by atoms with E-state index in [0.29, 0.717) is 6.07 Å². The largest absolute Gasteiger partial charge is 0.368 e. The maximum Gasteiger partial charge on any atom is 0.221 e. The normalized spacial score (nSPS) is 10.3. The molecule has 0 radical (unpaired) electrons. The van der Waals surface area contributed by atoms with Crippen molar-refractivity contribution in [2.75, 3.05) is 11.1 Å². The molecule has 0 saturated carbocycles. The van der Waals surface area contributed by atoms with Gasteiger partial charge in [0.1, 0.15) is 11.6 Å². The van der Waals surface area contributed by atoms with E-state index in [2.05, 4.69) is 15.3 Å². The van der Waals surface area contributed by atoms with Gasteiger partial charge in [0, 0.05) is 18.3 Å². The van der Waals surface area contributed by atoms with Gasteiger partial charge in [0.15, 0.2) is 11.6 Å². The summed E-state index contributed by atoms with van der Waals surface area (Å²) in [6, 6.07) is 2.66. The highest BCUT2D eigenvalue weighted by Gasteiger charge is 2.11. The van der Waals surface area contributed by atoms with E-state index in [1.807, 2.05) is 0 Å². The third-order valence-electron chi connectivity index (χ3n) is 1.93. The number of aromatic nitrogens is 2. The standard InChI is InChI=1S/C10H7F3N4/c11-5-3-6(12)9(13)7(4-5)16-8-1-2-15-10(14)17-8/h1-4H,(H3,14,15,16,17). The summed E-state index contributed by atoms with van der Waals surface area (Å²) in [6.45, 7) is 0. The van der Waals surface area contributed by atoms with Crippen molar-refractivity contribution in [1.82, 2.24) is 9.97 Å². The summed E-state index contributed by atoms with van der Waals surface area (Å²) < 4.78 is 39.1. The zero-order valence-electron chi connectivity index (χ0n) is 8.42. The number of anilines is 3. The average Bonchev–Trinajstić information content (AvgIpc) is 2.25. The minimum absolute atomic E-state index is 0.0349. The first-order valence-electron chi connectivity index (χ1n) is 4.56. The number of benzene rings is 1. The number of hydrogen-bond acceptors (Lipinski definition) is 4. The van der Waals surface area contributed by atoms with E-state index in [-0.39, 0.29) is 17.5 Å². The minimum Gasteiger partial charge on any atom is -0.368 e. The Bertz CT molecular complexity index is 559. The second-order valence-electron chi connectivity index (χ2n) is 3.17. The van der Waals surface area contributed by atoms with Gasteiger partial charge in [0.05, 0.1) is 5.69 Å². The number of nitrogens with two attached hydrogens (primary N) is 1. The number of rotatable bonds is 2. The summed E-state index contributed by atoms with van der Waals surface area (Å²) in [6.07, 6.45) is 1.33. The third-order valence-corrected chi connectivity index (χ3v) is 1.93. The SMILES string of the molecule is Nc1nccc(Nc2cc(F)cc(F)c2F)n1. The second kappa shape index (κ2) is 4.28. The minimum atomic E-state index is -1.28. The van der Waals surface area contributed by atoms with Gasteiger partial charge >= 0.3 is 0 Å². The predicted octanol–water partition coefficient (Wildman–Crippen LogP) is 2.22. The van der Waals surface area contributed by atoms with Crippen LogP contribution in [0.5, 0.6) is 0 Å². The summed E-state index contributed by atoms with van der Waals surface area (Å²) >= 11 is 0. The summed E-state index contributed by atoms with van der Waals surface area (Å²) in [5.41, 5.74) is 4.95. The lowest BCUT2D eigenvalue weighted by molar-refractivity contribution is 0.498. The fourth-order valence-electron chi connectivity index (χ4n) is 1.23. The lowest BCUT2D eigenvalue weighted by atomic mass is 10.3. The second-order valence-corrected chi connectivity index (χ2v) is 3.17. The van der Waals surface area contributed by atoms with Gasteiger partial charge in [0.25, 0.3) is 0 Å². The van der Waals surface area contributed by atoms with E-state index in [9.17, 15) is 13.2 Å². The van der Waals surface area contributed by atoms with Crippen LogP contribution in [0.4, 0.5) is 30.6 Å². The van der Waals surface area contributed by atoms with Gasteiger partial charge < -0.3 is 11.1 Å². The Morgan fingerprint density at radius 1 is 1.18 bits per heavy atom. The van der Waals surface area contributed by atoms with Gasteiger partial charge in [-0.1, -0.05) is 0 Å². The summed E-state index contributed by atoms with van der Waals surface area (Å²) in [7, 11) is 0. The molecular formula is C10H7F3N4. The van der Waals surface area contributed by atoms with E-state index in [1.54, 1.807) is 0 Å². The van der Waals surface area contributed by atoms with E-state index in [0.717, 1.165) is 6.07 Å². The van der Waals surface area contributed by atoms with Crippen molar-refractivity contribution >= 4 is 17.5 Å². The van der Waals surface area contributed by atoms with Gasteiger partial charge in [-0.05, 0) is 6.07 Å². The van der Waals surface area contributed by atoms with Crippen LogP contribution in [0.1, 0.15) is 0 Å². The maximum atomic E-state index is 13.3. The smallest absolute Gasteiger partial charge is 0.221 e. The van der Waals surface area contributed by atoms with Crippen molar-refractivity contribution < 1.29 is 13.2 Å². The first-order chi connectivity index (χ1) is 8.06. The van der Waals surface area contributed by atoms with Crippen molar-refractivity contribution in [3.8, 4) is 0 Å². The Labute approximate surface area is 94.3 Å². The van der Waals surface area contributed by atoms with Crippen molar-refractivity contribution in [3.63, 3.8) is 0 Å². The Balaban J connectivity index is 2.36. The van der Waals surface area contributed by atoms with Crippen LogP contribution in [-0.2, 0) is 0 Å². The molecule has 3 N–H and O–H groups in total. The molecule has 0 saturated heterocycles. The van der Waals surface area contributed by atoms with Gasteiger partial charge in [-0.15, -0.1) is 0 Å². The molecule has 0 bridgehead atoms. The highest BCUT2D eigenvalue weighted by molar-refractivity contribution is 5.57. The maximum absolute atomic E-state index is 13.3. The molecule has 0 aliphatic carbocycles. The third kappa shape index (κ3) is 2.44. The number of hydrogen-bond donors (Lipinski definition) is 2. The molecule has 1 aromatic carbocycles. The zero-order chi connectivity index (χ0) is 12.4. The molecular weight excluding hydrogens is 233 g/mol. The molecule has 0 aliphatic rings. The summed E-state index contributed by atoms with van der Waals surface area (Å²) in [4.78, 5) is 7.34. The van der Waals surface area contributed by atoms with Gasteiger partial charge in [-0.2, -0.15) is 4.98 Å². The van der Waals surface area contributed by atoms with Gasteiger partial charge in [0.2, 0.25) is 5.95 Å². The van der Waals surface area contributed by atoms with Crippen LogP contribution in [0.15, 0.2) is 24.4 Å². The number of nitrogen functional groups attached to an aromatic ring is 1. The van der Waals surface area contributed by atoms with Crippen molar-refractivity contribution in [1.29, 1.82) is 0 Å². The first kappa shape index (κ1) is 11.2. The lowest BCUT2D eigenvalue weighted by Crippen LogP contribution is -2.02. The monoisotopic (exact) mass is 240 g/mol. The summed E-state index contributed by atoms with van der Waals surface area (Å²) in [5.74, 6) is -3.26. The van der Waals surface area contributed by atoms with E-state index >= 15 is 0 Å². The van der Waals surface area contributed by atoms with Crippen LogP contribution in [0.3, 0.4) is 0 Å². The van der Waals surface area contributed by atoms with Crippen molar-refractivity contribution in [2.24, 2.45) is 0 Å². The Kier molecular flexibility index (Phi) is 2.82. The Morgan fingerprint density at radius 3 is 2.65 bits per heavy atom. The Morgan fingerprint density at radius 2 is 1.94 bits per heavy atom. The van der Waals surface area contributed by atoms with E-state index < -0.39 is 17.5 Å². The topological polar surface area (TPSA) is 63.8 Å². The molecule has 88 valence electrons. The molecule has 0 atom stereocenters. The molecule has 0 amide bonds. The number of halogens is 3. The van der Waals surface area contributed by atoms with E-state index in [4.69, 9.17) is 5.73 Å². The van der Waals surface area contributed by atoms with Crippen LogP contribution in [0.2, 0.25) is 0 Å². The number of nitrogens with one attached hydrogen (secondary N) is 1. The molecule has 2 rings (SSSR count). The highest BCUT2D eigenvalue weighted by Crippen LogP contribution is 2.22. The van der Waals surface area contributed by atoms with Crippen LogP contribution in [0.25, 0.3) is 0 Å². The molecule has 0 aliphatic heterocycles. The van der Waals surface area contributed by atoms with Crippen LogP contribution < -0.4 is 11.1 Å². The fourth-order valence-corrected chi connectivity index (χ4v) is 1.23. The van der Waals surface area contributed by atoms with Crippen LogP contribution in [-0.4, -0.2) is 9.97 Å². The van der Waals surface area contributed by atoms with Gasteiger partial charge in [-0.3, -0.25) is 0 Å². The zero-order valence-corrected chi connectivity index (χ0v) is 8.42. The lowest BCUT2D eigenvalue weighted by Gasteiger charge is -2.07. The first-order valence-corrected chi connectivity index (χ1v) is 4.56. The average molecular weight is 240 g/mol. The molecule has 0 fully saturated rings. The molecule has 7 heteroatoms. The fraction of sp³-hybridized carbons (Fsp3) is 0. The van der Waals surface area contributed by atoms with Crippen LogP contribution >= 0.6 is 0 Å².